The van der Waals surface area contributed by atoms with E-state index in [1.165, 1.54) is 37.8 Å². The van der Waals surface area contributed by atoms with Crippen LogP contribution in [0.15, 0.2) is 6.07 Å². The Hall–Kier alpha value is -1.82. The highest BCUT2D eigenvalue weighted by Gasteiger charge is 2.30. The molecular formula is C23H37N3O3. The maximum Gasteiger partial charge on any atom is 0.255 e. The summed E-state index contributed by atoms with van der Waals surface area (Å²) < 4.78 is 7.41. The quantitative estimate of drug-likeness (QED) is 0.708. The van der Waals surface area contributed by atoms with Gasteiger partial charge in [-0.25, -0.2) is 0 Å². The normalized spacial score (nSPS) is 18.8. The Morgan fingerprint density at radius 2 is 1.79 bits per heavy atom. The second kappa shape index (κ2) is 10.3. The number of nitrogens with one attached hydrogen (secondary N) is 1. The van der Waals surface area contributed by atoms with Gasteiger partial charge in [-0.05, 0) is 52.0 Å². The molecule has 1 aromatic rings. The lowest BCUT2D eigenvalue weighted by atomic mass is 9.94. The minimum absolute atomic E-state index is 0.0104. The van der Waals surface area contributed by atoms with Crippen LogP contribution in [0.25, 0.3) is 0 Å². The summed E-state index contributed by atoms with van der Waals surface area (Å²) in [6, 6.07) is 2.61. The molecule has 2 aliphatic rings. The van der Waals surface area contributed by atoms with E-state index < -0.39 is 0 Å². The molecule has 0 unspecified atom stereocenters. The van der Waals surface area contributed by atoms with Crippen LogP contribution in [0.5, 0.6) is 0 Å². The van der Waals surface area contributed by atoms with Gasteiger partial charge < -0.3 is 19.5 Å². The Kier molecular flexibility index (Phi) is 7.76. The smallest absolute Gasteiger partial charge is 0.255 e. The van der Waals surface area contributed by atoms with Crippen LogP contribution in [-0.4, -0.2) is 54.6 Å². The van der Waals surface area contributed by atoms with Gasteiger partial charge in [-0.15, -0.1) is 0 Å². The Morgan fingerprint density at radius 1 is 1.10 bits per heavy atom. The highest BCUT2D eigenvalue weighted by molar-refractivity contribution is 5.96. The zero-order chi connectivity index (χ0) is 20.8. The third-order valence-corrected chi connectivity index (χ3v) is 6.63. The third kappa shape index (κ3) is 5.21. The van der Waals surface area contributed by atoms with E-state index in [4.69, 9.17) is 4.74 Å². The van der Waals surface area contributed by atoms with Crippen LogP contribution >= 0.6 is 0 Å². The number of amides is 2. The number of aromatic nitrogens is 1. The van der Waals surface area contributed by atoms with Crippen LogP contribution in [0.2, 0.25) is 0 Å². The van der Waals surface area contributed by atoms with E-state index >= 15 is 0 Å². The number of nitrogens with zero attached hydrogens (tertiary/aromatic N) is 2. The Morgan fingerprint density at radius 3 is 2.45 bits per heavy atom. The van der Waals surface area contributed by atoms with Gasteiger partial charge in [0.1, 0.15) is 0 Å². The van der Waals surface area contributed by atoms with Crippen molar-refractivity contribution < 1.29 is 14.3 Å². The molecule has 6 nitrogen and oxygen atoms in total. The average molecular weight is 404 g/mol. The fourth-order valence-electron chi connectivity index (χ4n) is 4.98. The van der Waals surface area contributed by atoms with Crippen molar-refractivity contribution in [1.82, 2.24) is 14.8 Å². The van der Waals surface area contributed by atoms with Gasteiger partial charge in [0, 0.05) is 56.7 Å². The van der Waals surface area contributed by atoms with E-state index in [1.54, 1.807) is 7.11 Å². The summed E-state index contributed by atoms with van der Waals surface area (Å²) >= 11 is 0. The van der Waals surface area contributed by atoms with Crippen LogP contribution < -0.4 is 5.32 Å². The van der Waals surface area contributed by atoms with Gasteiger partial charge in [0.25, 0.3) is 5.91 Å². The highest BCUT2D eigenvalue weighted by Crippen LogP contribution is 2.32. The van der Waals surface area contributed by atoms with Gasteiger partial charge >= 0.3 is 0 Å². The van der Waals surface area contributed by atoms with Gasteiger partial charge in [0.2, 0.25) is 5.91 Å². The first-order valence-electron chi connectivity index (χ1n) is 11.3. The molecule has 2 heterocycles. The molecule has 0 spiro atoms. The molecule has 0 radical (unpaired) electrons. The number of aryl methyl sites for hydroxylation is 1. The van der Waals surface area contributed by atoms with Gasteiger partial charge in [0.05, 0.1) is 5.56 Å². The zero-order valence-electron chi connectivity index (χ0n) is 18.3. The van der Waals surface area contributed by atoms with Crippen LogP contribution in [0.1, 0.15) is 79.2 Å². The molecule has 1 aliphatic carbocycles. The maximum atomic E-state index is 13.2. The molecule has 162 valence electrons. The second-order valence-electron chi connectivity index (χ2n) is 8.65. The van der Waals surface area contributed by atoms with E-state index in [0.29, 0.717) is 32.3 Å². The lowest BCUT2D eigenvalue weighted by Gasteiger charge is -2.31. The lowest BCUT2D eigenvalue weighted by molar-refractivity contribution is -0.126. The average Bonchev–Trinajstić information content (AvgIpc) is 3.05. The summed E-state index contributed by atoms with van der Waals surface area (Å²) in [5.74, 6) is 0.249. The van der Waals surface area contributed by atoms with Crippen molar-refractivity contribution in [1.29, 1.82) is 0 Å². The number of likely N-dealkylation sites (tertiary alicyclic amines) is 1. The minimum Gasteiger partial charge on any atom is -0.385 e. The van der Waals surface area contributed by atoms with E-state index in [1.807, 2.05) is 4.90 Å². The number of carbonyl (C=O) groups excluding carboxylic acids is 2. The van der Waals surface area contributed by atoms with Crippen LogP contribution in [0.4, 0.5) is 0 Å². The highest BCUT2D eigenvalue weighted by atomic mass is 16.5. The first-order chi connectivity index (χ1) is 14.0. The molecule has 1 saturated heterocycles. The summed E-state index contributed by atoms with van der Waals surface area (Å²) in [5, 5.41) is 2.99. The van der Waals surface area contributed by atoms with Crippen molar-refractivity contribution in [3.63, 3.8) is 0 Å². The molecule has 0 bridgehead atoms. The summed E-state index contributed by atoms with van der Waals surface area (Å²) in [6.45, 7) is 6.84. The standard InChI is InChI=1S/C23H37N3O3/c1-17-16-21(18(2)26(17)20-8-5-4-6-9-20)23(28)25-13-10-19(11-14-25)22(27)24-12-7-15-29-3/h16,19-20H,4-15H2,1-3H3,(H,24,27). The van der Waals surface area contributed by atoms with Crippen molar-refractivity contribution in [3.05, 3.63) is 23.0 Å². The number of piperidine rings is 1. The fourth-order valence-corrected chi connectivity index (χ4v) is 4.98. The van der Waals surface area contributed by atoms with Gasteiger partial charge in [-0.3, -0.25) is 9.59 Å². The van der Waals surface area contributed by atoms with Crippen molar-refractivity contribution in [3.8, 4) is 0 Å². The third-order valence-electron chi connectivity index (χ3n) is 6.63. The van der Waals surface area contributed by atoms with Crippen molar-refractivity contribution in [2.24, 2.45) is 5.92 Å². The van der Waals surface area contributed by atoms with Crippen molar-refractivity contribution in [2.45, 2.75) is 71.3 Å². The first kappa shape index (κ1) is 21.9. The molecule has 2 fully saturated rings. The van der Waals surface area contributed by atoms with E-state index in [-0.39, 0.29) is 17.7 Å². The lowest BCUT2D eigenvalue weighted by Crippen LogP contribution is -2.43. The Balaban J connectivity index is 1.56. The summed E-state index contributed by atoms with van der Waals surface area (Å²) in [4.78, 5) is 27.4. The summed E-state index contributed by atoms with van der Waals surface area (Å²) in [6.07, 6.45) is 8.64. The number of hydrogen-bond acceptors (Lipinski definition) is 3. The first-order valence-corrected chi connectivity index (χ1v) is 11.3. The minimum atomic E-state index is 0.0104. The Labute approximate surface area is 175 Å². The molecule has 1 aliphatic heterocycles. The van der Waals surface area contributed by atoms with Gasteiger partial charge in [-0.2, -0.15) is 0 Å². The number of carbonyl (C=O) groups is 2. The number of ether oxygens (including phenoxy) is 1. The van der Waals surface area contributed by atoms with Crippen LogP contribution in [-0.2, 0) is 9.53 Å². The van der Waals surface area contributed by atoms with Crippen molar-refractivity contribution in [2.75, 3.05) is 33.4 Å². The molecule has 0 aromatic carbocycles. The van der Waals surface area contributed by atoms with Gasteiger partial charge in [0.15, 0.2) is 0 Å². The molecule has 0 atom stereocenters. The summed E-state index contributed by atoms with van der Waals surface area (Å²) in [5.41, 5.74) is 3.15. The SMILES string of the molecule is COCCCNC(=O)C1CCN(C(=O)c2cc(C)n(C3CCCCC3)c2C)CC1. The predicted molar refractivity (Wildman–Crippen MR) is 114 cm³/mol. The maximum absolute atomic E-state index is 13.2. The summed E-state index contributed by atoms with van der Waals surface area (Å²) in [7, 11) is 1.67. The zero-order valence-corrected chi connectivity index (χ0v) is 18.3. The molecule has 2 amide bonds. The monoisotopic (exact) mass is 403 g/mol. The fraction of sp³-hybridized carbons (Fsp3) is 0.739. The molecule has 1 aromatic heterocycles. The molecular weight excluding hydrogens is 366 g/mol. The van der Waals surface area contributed by atoms with E-state index in [2.05, 4.69) is 29.8 Å². The van der Waals surface area contributed by atoms with E-state index in [0.717, 1.165) is 30.5 Å². The van der Waals surface area contributed by atoms with Crippen LogP contribution in [0, 0.1) is 19.8 Å². The molecule has 1 saturated carbocycles. The molecule has 3 rings (SSSR count). The predicted octanol–water partition coefficient (Wildman–Crippen LogP) is 3.62. The Bertz CT molecular complexity index is 698. The second-order valence-corrected chi connectivity index (χ2v) is 8.65. The van der Waals surface area contributed by atoms with Crippen LogP contribution in [0.3, 0.4) is 0 Å². The number of hydrogen-bond donors (Lipinski definition) is 1. The molecule has 6 heteroatoms. The van der Waals surface area contributed by atoms with Gasteiger partial charge in [-0.1, -0.05) is 19.3 Å². The number of rotatable bonds is 7. The van der Waals surface area contributed by atoms with Crippen molar-refractivity contribution >= 4 is 11.8 Å². The molecule has 29 heavy (non-hydrogen) atoms. The molecule has 1 N–H and O–H groups in total. The van der Waals surface area contributed by atoms with E-state index in [9.17, 15) is 9.59 Å². The number of methoxy groups -OCH3 is 1. The topological polar surface area (TPSA) is 63.6 Å². The largest absolute Gasteiger partial charge is 0.385 e.